The van der Waals surface area contributed by atoms with Crippen LogP contribution in [-0.4, -0.2) is 53.4 Å². The van der Waals surface area contributed by atoms with Crippen molar-refractivity contribution in [1.82, 2.24) is 14.5 Å². The first kappa shape index (κ1) is 18.5. The zero-order chi connectivity index (χ0) is 19.9. The largest absolute Gasteiger partial charge is 0.465 e. The highest BCUT2D eigenvalue weighted by Gasteiger charge is 2.27. The molecule has 3 aromatic rings. The number of hydrogen-bond acceptors (Lipinski definition) is 4. The second kappa shape index (κ2) is 6.94. The van der Waals surface area contributed by atoms with Crippen LogP contribution in [0.5, 0.6) is 0 Å². The molecular weight excluding hydrogens is 378 g/mol. The molecule has 3 heterocycles. The fourth-order valence-electron chi connectivity index (χ4n) is 3.70. The standard InChI is InChI=1S/C20H21N3O4S/c1-28(26,27)18-4-5-19-14(10-18)6-8-22(19)13-17-3-2-15(11-21-17)16-7-9-23(12-16)20(24)25/h2-6,8,10-11,16H,7,9,12-13H2,1H3,(H,24,25). The predicted octanol–water partition coefficient (Wildman–Crippen LogP) is 2.96. The van der Waals surface area contributed by atoms with Crippen molar-refractivity contribution in [3.63, 3.8) is 0 Å². The maximum atomic E-state index is 11.7. The summed E-state index contributed by atoms with van der Waals surface area (Å²) in [7, 11) is -3.23. The Morgan fingerprint density at radius 2 is 2.07 bits per heavy atom. The quantitative estimate of drug-likeness (QED) is 0.728. The minimum Gasteiger partial charge on any atom is -0.465 e. The van der Waals surface area contributed by atoms with Crippen LogP contribution in [0.15, 0.2) is 53.7 Å². The van der Waals surface area contributed by atoms with E-state index in [-0.39, 0.29) is 5.92 Å². The van der Waals surface area contributed by atoms with Crippen molar-refractivity contribution in [2.24, 2.45) is 0 Å². The van der Waals surface area contributed by atoms with Crippen LogP contribution in [0.1, 0.15) is 23.6 Å². The van der Waals surface area contributed by atoms with Crippen LogP contribution < -0.4 is 0 Å². The van der Waals surface area contributed by atoms with Crippen molar-refractivity contribution >= 4 is 26.8 Å². The number of hydrogen-bond donors (Lipinski definition) is 1. The minimum absolute atomic E-state index is 0.194. The molecule has 1 unspecified atom stereocenters. The van der Waals surface area contributed by atoms with E-state index in [0.29, 0.717) is 24.5 Å². The van der Waals surface area contributed by atoms with Crippen molar-refractivity contribution in [3.05, 3.63) is 60.0 Å². The SMILES string of the molecule is CS(=O)(=O)c1ccc2c(ccn2Cc2ccc(C3CCN(C(=O)O)C3)cn2)c1. The molecular formula is C20H21N3O4S. The number of carbonyl (C=O) groups is 1. The molecule has 1 fully saturated rings. The van der Waals surface area contributed by atoms with E-state index in [9.17, 15) is 13.2 Å². The number of benzene rings is 1. The molecule has 1 aliphatic heterocycles. The van der Waals surface area contributed by atoms with Crippen LogP contribution in [0.4, 0.5) is 4.79 Å². The molecule has 2 aromatic heterocycles. The van der Waals surface area contributed by atoms with Crippen LogP contribution in [0.3, 0.4) is 0 Å². The molecule has 7 nitrogen and oxygen atoms in total. The molecule has 8 heteroatoms. The van der Waals surface area contributed by atoms with E-state index in [1.807, 2.05) is 41.2 Å². The molecule has 1 N–H and O–H groups in total. The number of rotatable bonds is 4. The summed E-state index contributed by atoms with van der Waals surface area (Å²) in [6.45, 7) is 1.65. The lowest BCUT2D eigenvalue weighted by molar-refractivity contribution is 0.155. The maximum absolute atomic E-state index is 11.7. The first-order chi connectivity index (χ1) is 13.3. The van der Waals surface area contributed by atoms with Gasteiger partial charge >= 0.3 is 6.09 Å². The van der Waals surface area contributed by atoms with Crippen molar-refractivity contribution in [2.75, 3.05) is 19.3 Å². The molecule has 1 aromatic carbocycles. The first-order valence-electron chi connectivity index (χ1n) is 9.03. The van der Waals surface area contributed by atoms with Crippen molar-refractivity contribution < 1.29 is 18.3 Å². The second-order valence-electron chi connectivity index (χ2n) is 7.23. The summed E-state index contributed by atoms with van der Waals surface area (Å²) < 4.78 is 25.5. The summed E-state index contributed by atoms with van der Waals surface area (Å²) >= 11 is 0. The molecule has 1 atom stereocenters. The van der Waals surface area contributed by atoms with E-state index in [0.717, 1.165) is 28.6 Å². The average molecular weight is 399 g/mol. The lowest BCUT2D eigenvalue weighted by atomic mass is 10.0. The number of sulfone groups is 1. The number of pyridine rings is 1. The van der Waals surface area contributed by atoms with Gasteiger partial charge in [0.05, 0.1) is 17.1 Å². The minimum atomic E-state index is -3.23. The number of aromatic nitrogens is 2. The average Bonchev–Trinajstić information content (AvgIpc) is 3.29. The zero-order valence-electron chi connectivity index (χ0n) is 15.4. The van der Waals surface area contributed by atoms with Gasteiger partial charge in [-0.25, -0.2) is 13.2 Å². The predicted molar refractivity (Wildman–Crippen MR) is 105 cm³/mol. The monoisotopic (exact) mass is 399 g/mol. The van der Waals surface area contributed by atoms with Crippen molar-refractivity contribution in [3.8, 4) is 0 Å². The van der Waals surface area contributed by atoms with E-state index >= 15 is 0 Å². The summed E-state index contributed by atoms with van der Waals surface area (Å²) in [6, 6.07) is 11.0. The van der Waals surface area contributed by atoms with Gasteiger partial charge in [-0.2, -0.15) is 0 Å². The summed E-state index contributed by atoms with van der Waals surface area (Å²) in [4.78, 5) is 17.4. The van der Waals surface area contributed by atoms with Gasteiger partial charge in [-0.15, -0.1) is 0 Å². The Hall–Kier alpha value is -2.87. The fourth-order valence-corrected chi connectivity index (χ4v) is 4.35. The smallest absolute Gasteiger partial charge is 0.407 e. The van der Waals surface area contributed by atoms with Gasteiger partial charge in [0.15, 0.2) is 9.84 Å². The van der Waals surface area contributed by atoms with Gasteiger partial charge in [-0.1, -0.05) is 6.07 Å². The Balaban J connectivity index is 1.51. The highest BCUT2D eigenvalue weighted by Crippen LogP contribution is 2.27. The van der Waals surface area contributed by atoms with Crippen molar-refractivity contribution in [1.29, 1.82) is 0 Å². The number of fused-ring (bicyclic) bond motifs is 1. The zero-order valence-corrected chi connectivity index (χ0v) is 16.3. The Bertz CT molecular complexity index is 1140. The molecule has 0 radical (unpaired) electrons. The highest BCUT2D eigenvalue weighted by molar-refractivity contribution is 7.90. The van der Waals surface area contributed by atoms with E-state index < -0.39 is 15.9 Å². The van der Waals surface area contributed by atoms with E-state index in [1.165, 1.54) is 11.2 Å². The molecule has 1 saturated heterocycles. The molecule has 1 aliphatic rings. The Morgan fingerprint density at radius 3 is 2.71 bits per heavy atom. The van der Waals surface area contributed by atoms with Gasteiger partial charge in [0, 0.05) is 48.6 Å². The van der Waals surface area contributed by atoms with Gasteiger partial charge in [0.2, 0.25) is 0 Å². The number of amides is 1. The third kappa shape index (κ3) is 3.60. The Labute approximate surface area is 163 Å². The normalized spacial score (nSPS) is 17.3. The number of likely N-dealkylation sites (tertiary alicyclic amines) is 1. The summed E-state index contributed by atoms with van der Waals surface area (Å²) in [5.41, 5.74) is 2.90. The van der Waals surface area contributed by atoms with E-state index in [2.05, 4.69) is 4.98 Å². The van der Waals surface area contributed by atoms with E-state index in [1.54, 1.807) is 12.1 Å². The number of carboxylic acid groups (broad SMARTS) is 1. The Kier molecular flexibility index (Phi) is 4.58. The first-order valence-corrected chi connectivity index (χ1v) is 10.9. The van der Waals surface area contributed by atoms with Crippen LogP contribution in [0, 0.1) is 0 Å². The van der Waals surface area contributed by atoms with Gasteiger partial charge in [0.1, 0.15) is 0 Å². The topological polar surface area (TPSA) is 92.5 Å². The molecule has 0 spiro atoms. The number of nitrogens with zero attached hydrogens (tertiary/aromatic N) is 3. The summed E-state index contributed by atoms with van der Waals surface area (Å²) in [5, 5.41) is 9.96. The van der Waals surface area contributed by atoms with Crippen LogP contribution in [0.2, 0.25) is 0 Å². The second-order valence-corrected chi connectivity index (χ2v) is 9.25. The third-order valence-electron chi connectivity index (χ3n) is 5.28. The molecule has 4 rings (SSSR count). The molecule has 0 aliphatic carbocycles. The third-order valence-corrected chi connectivity index (χ3v) is 6.39. The van der Waals surface area contributed by atoms with Gasteiger partial charge in [0.25, 0.3) is 0 Å². The van der Waals surface area contributed by atoms with Crippen LogP contribution in [0.25, 0.3) is 10.9 Å². The van der Waals surface area contributed by atoms with Crippen molar-refractivity contribution in [2.45, 2.75) is 23.8 Å². The Morgan fingerprint density at radius 1 is 1.25 bits per heavy atom. The fraction of sp³-hybridized carbons (Fsp3) is 0.300. The van der Waals surface area contributed by atoms with Gasteiger partial charge in [-0.3, -0.25) is 4.98 Å². The molecule has 28 heavy (non-hydrogen) atoms. The van der Waals surface area contributed by atoms with E-state index in [4.69, 9.17) is 5.11 Å². The van der Waals surface area contributed by atoms with Gasteiger partial charge in [-0.05, 0) is 42.3 Å². The highest BCUT2D eigenvalue weighted by atomic mass is 32.2. The molecule has 1 amide bonds. The van der Waals surface area contributed by atoms with Crippen LogP contribution in [-0.2, 0) is 16.4 Å². The summed E-state index contributed by atoms with van der Waals surface area (Å²) in [6.07, 6.45) is 4.91. The summed E-state index contributed by atoms with van der Waals surface area (Å²) in [5.74, 6) is 0.194. The maximum Gasteiger partial charge on any atom is 0.407 e. The van der Waals surface area contributed by atoms with Crippen LogP contribution >= 0.6 is 0 Å². The molecule has 0 saturated carbocycles. The van der Waals surface area contributed by atoms with Gasteiger partial charge < -0.3 is 14.6 Å². The lowest BCUT2D eigenvalue weighted by Crippen LogP contribution is -2.26. The lowest BCUT2D eigenvalue weighted by Gasteiger charge is -2.13. The molecule has 146 valence electrons. The molecule has 0 bridgehead atoms.